The van der Waals surface area contributed by atoms with E-state index in [0.717, 1.165) is 17.4 Å². The number of carbonyl (C=O) groups excluding carboxylic acids is 1. The van der Waals surface area contributed by atoms with Crippen LogP contribution in [0.2, 0.25) is 0 Å². The molecule has 1 N–H and O–H groups in total. The van der Waals surface area contributed by atoms with Crippen LogP contribution >= 0.6 is 0 Å². The van der Waals surface area contributed by atoms with Gasteiger partial charge in [-0.3, -0.25) is 4.79 Å². The van der Waals surface area contributed by atoms with Crippen molar-refractivity contribution in [2.24, 2.45) is 0 Å². The van der Waals surface area contributed by atoms with E-state index in [1.807, 2.05) is 26.8 Å². The second-order valence-electron chi connectivity index (χ2n) is 6.50. The van der Waals surface area contributed by atoms with Gasteiger partial charge in [-0.15, -0.1) is 5.10 Å². The molecule has 1 aromatic carbocycles. The van der Waals surface area contributed by atoms with Crippen molar-refractivity contribution in [3.8, 4) is 5.75 Å². The van der Waals surface area contributed by atoms with E-state index in [0.29, 0.717) is 17.2 Å². The summed E-state index contributed by atoms with van der Waals surface area (Å²) >= 11 is 0. The third-order valence-electron chi connectivity index (χ3n) is 4.09. The Bertz CT molecular complexity index is 1020. The van der Waals surface area contributed by atoms with Crippen molar-refractivity contribution in [1.29, 1.82) is 0 Å². The molecule has 8 heteroatoms. The smallest absolute Gasteiger partial charge is 0.336 e. The molecule has 0 aliphatic rings. The highest BCUT2D eigenvalue weighted by molar-refractivity contribution is 5.93. The van der Waals surface area contributed by atoms with Crippen molar-refractivity contribution in [3.63, 3.8) is 0 Å². The average molecular weight is 370 g/mol. The lowest BCUT2D eigenvalue weighted by molar-refractivity contribution is -0.122. The van der Waals surface area contributed by atoms with Gasteiger partial charge in [-0.2, -0.15) is 9.90 Å². The number of nitrogens with zero attached hydrogens (tertiary/aromatic N) is 3. The molecule has 1 unspecified atom stereocenters. The first-order valence-electron chi connectivity index (χ1n) is 8.83. The molecule has 0 saturated carbocycles. The maximum absolute atomic E-state index is 12.3. The molecule has 0 aliphatic carbocycles. The van der Waals surface area contributed by atoms with Gasteiger partial charge in [0.1, 0.15) is 11.3 Å². The Balaban J connectivity index is 1.73. The number of anilines is 1. The van der Waals surface area contributed by atoms with Crippen molar-refractivity contribution >= 4 is 22.7 Å². The molecule has 3 aromatic rings. The van der Waals surface area contributed by atoms with Crippen molar-refractivity contribution in [1.82, 2.24) is 15.0 Å². The van der Waals surface area contributed by atoms with E-state index < -0.39 is 11.7 Å². The summed E-state index contributed by atoms with van der Waals surface area (Å²) in [5, 5.41) is 11.8. The third-order valence-corrected chi connectivity index (χ3v) is 4.09. The first-order chi connectivity index (χ1) is 12.9. The van der Waals surface area contributed by atoms with Crippen molar-refractivity contribution in [2.45, 2.75) is 46.3 Å². The molecule has 0 aliphatic heterocycles. The highest BCUT2D eigenvalue weighted by atomic mass is 16.5. The number of aryl methyl sites for hydroxylation is 1. The summed E-state index contributed by atoms with van der Waals surface area (Å²) < 4.78 is 10.9. The van der Waals surface area contributed by atoms with Crippen LogP contribution in [-0.4, -0.2) is 27.0 Å². The molecule has 27 heavy (non-hydrogen) atoms. The number of carbonyl (C=O) groups is 1. The summed E-state index contributed by atoms with van der Waals surface area (Å²) in [6.07, 6.45) is 1.44. The van der Waals surface area contributed by atoms with E-state index in [1.165, 1.54) is 17.1 Å². The Morgan fingerprint density at radius 2 is 2.07 bits per heavy atom. The van der Waals surface area contributed by atoms with Crippen LogP contribution in [0.3, 0.4) is 0 Å². The second-order valence-corrected chi connectivity index (χ2v) is 6.50. The van der Waals surface area contributed by atoms with E-state index in [-0.39, 0.29) is 11.9 Å². The van der Waals surface area contributed by atoms with Gasteiger partial charge in [0, 0.05) is 17.5 Å². The number of aromatic nitrogens is 3. The van der Waals surface area contributed by atoms with Gasteiger partial charge < -0.3 is 14.5 Å². The summed E-state index contributed by atoms with van der Waals surface area (Å²) in [6, 6.07) is 6.79. The minimum Gasteiger partial charge on any atom is -0.481 e. The number of fused-ring (bicyclic) bond motifs is 1. The van der Waals surface area contributed by atoms with Crippen LogP contribution in [-0.2, 0) is 11.2 Å². The van der Waals surface area contributed by atoms with E-state index in [4.69, 9.17) is 9.15 Å². The Kier molecular flexibility index (Phi) is 5.25. The molecule has 2 heterocycles. The van der Waals surface area contributed by atoms with Crippen LogP contribution in [0.25, 0.3) is 11.0 Å². The topological polar surface area (TPSA) is 99.2 Å². The second kappa shape index (κ2) is 7.61. The molecule has 0 fully saturated rings. The summed E-state index contributed by atoms with van der Waals surface area (Å²) in [6.45, 7) is 7.49. The quantitative estimate of drug-likeness (QED) is 0.670. The summed E-state index contributed by atoms with van der Waals surface area (Å²) in [5.41, 5.74) is 0.937. The highest BCUT2D eigenvalue weighted by Gasteiger charge is 2.17. The summed E-state index contributed by atoms with van der Waals surface area (Å²) in [4.78, 5) is 25.5. The molecule has 1 atom stereocenters. The first kappa shape index (κ1) is 18.6. The van der Waals surface area contributed by atoms with Crippen LogP contribution in [0, 0.1) is 0 Å². The lowest BCUT2D eigenvalue weighted by Gasteiger charge is -2.14. The van der Waals surface area contributed by atoms with Crippen LogP contribution < -0.4 is 15.7 Å². The van der Waals surface area contributed by atoms with E-state index >= 15 is 0 Å². The number of nitrogens with one attached hydrogen (secondary N) is 1. The van der Waals surface area contributed by atoms with Crippen LogP contribution in [0.15, 0.2) is 39.7 Å². The van der Waals surface area contributed by atoms with Crippen molar-refractivity contribution in [3.05, 3.63) is 46.4 Å². The Hall–Kier alpha value is -3.16. The molecule has 0 saturated heterocycles. The zero-order chi connectivity index (χ0) is 19.6. The summed E-state index contributed by atoms with van der Waals surface area (Å²) in [7, 11) is 0. The van der Waals surface area contributed by atoms with Gasteiger partial charge in [-0.1, -0.05) is 6.92 Å². The van der Waals surface area contributed by atoms with Gasteiger partial charge in [-0.25, -0.2) is 4.79 Å². The molecule has 3 rings (SSSR count). The predicted molar refractivity (Wildman–Crippen MR) is 101 cm³/mol. The number of benzene rings is 1. The standard InChI is InChI=1S/C19H22N4O4/c1-5-13-8-18(24)27-16-9-14(6-7-15(13)16)26-12(4)19(25)21-17-10-20-23(22-17)11(2)3/h6-12H,5H2,1-4H3,(H,21,22,25). The fourth-order valence-corrected chi connectivity index (χ4v) is 2.64. The number of hydrogen-bond acceptors (Lipinski definition) is 6. The van der Waals surface area contributed by atoms with Crippen LogP contribution in [0.1, 0.15) is 39.3 Å². The predicted octanol–water partition coefficient (Wildman–Crippen LogP) is 2.93. The number of ether oxygens (including phenoxy) is 1. The molecular formula is C19H22N4O4. The minimum absolute atomic E-state index is 0.101. The van der Waals surface area contributed by atoms with Crippen LogP contribution in [0.4, 0.5) is 5.82 Å². The third kappa shape index (κ3) is 4.16. The Labute approximate surface area is 156 Å². The van der Waals surface area contributed by atoms with Gasteiger partial charge in [0.2, 0.25) is 0 Å². The van der Waals surface area contributed by atoms with Crippen molar-refractivity contribution < 1.29 is 13.9 Å². The maximum atomic E-state index is 12.3. The maximum Gasteiger partial charge on any atom is 0.336 e. The summed E-state index contributed by atoms with van der Waals surface area (Å²) in [5.74, 6) is 0.447. The number of amides is 1. The lowest BCUT2D eigenvalue weighted by atomic mass is 10.1. The number of hydrogen-bond donors (Lipinski definition) is 1. The minimum atomic E-state index is -0.771. The molecule has 0 spiro atoms. The molecule has 0 radical (unpaired) electrons. The Morgan fingerprint density at radius 1 is 1.30 bits per heavy atom. The zero-order valence-corrected chi connectivity index (χ0v) is 15.7. The average Bonchev–Trinajstić information content (AvgIpc) is 3.09. The van der Waals surface area contributed by atoms with Gasteiger partial charge in [0.25, 0.3) is 5.91 Å². The molecule has 8 nitrogen and oxygen atoms in total. The normalized spacial score (nSPS) is 12.3. The van der Waals surface area contributed by atoms with Crippen LogP contribution in [0.5, 0.6) is 5.75 Å². The molecular weight excluding hydrogens is 348 g/mol. The van der Waals surface area contributed by atoms with E-state index in [1.54, 1.807) is 19.1 Å². The highest BCUT2D eigenvalue weighted by Crippen LogP contribution is 2.24. The fraction of sp³-hybridized carbons (Fsp3) is 0.368. The lowest BCUT2D eigenvalue weighted by Crippen LogP contribution is -2.30. The van der Waals surface area contributed by atoms with Crippen molar-refractivity contribution in [2.75, 3.05) is 5.32 Å². The molecule has 142 valence electrons. The SMILES string of the molecule is CCc1cc(=O)oc2cc(OC(C)C(=O)Nc3cnn(C(C)C)n3)ccc12. The first-order valence-corrected chi connectivity index (χ1v) is 8.83. The monoisotopic (exact) mass is 370 g/mol. The zero-order valence-electron chi connectivity index (χ0n) is 15.7. The van der Waals surface area contributed by atoms with Gasteiger partial charge in [-0.05, 0) is 44.9 Å². The van der Waals surface area contributed by atoms with Gasteiger partial charge in [0.15, 0.2) is 11.9 Å². The van der Waals surface area contributed by atoms with Gasteiger partial charge in [0.05, 0.1) is 12.2 Å². The molecule has 1 amide bonds. The van der Waals surface area contributed by atoms with E-state index in [9.17, 15) is 9.59 Å². The van der Waals surface area contributed by atoms with E-state index in [2.05, 4.69) is 15.5 Å². The molecule has 0 bridgehead atoms. The Morgan fingerprint density at radius 3 is 2.74 bits per heavy atom. The fourth-order valence-electron chi connectivity index (χ4n) is 2.64. The number of rotatable bonds is 6. The van der Waals surface area contributed by atoms with Gasteiger partial charge >= 0.3 is 5.63 Å². The molecule has 2 aromatic heterocycles. The largest absolute Gasteiger partial charge is 0.481 e.